The minimum Gasteiger partial charge on any atom is -0.491 e. The van der Waals surface area contributed by atoms with Crippen molar-refractivity contribution in [2.75, 3.05) is 14.2 Å². The molecule has 0 radical (unpaired) electrons. The van der Waals surface area contributed by atoms with Gasteiger partial charge in [-0.25, -0.2) is 5.43 Å². The van der Waals surface area contributed by atoms with Crippen molar-refractivity contribution >= 4 is 5.91 Å². The highest BCUT2D eigenvalue weighted by Crippen LogP contribution is 1.93. The molecule has 0 fully saturated rings. The van der Waals surface area contributed by atoms with Crippen molar-refractivity contribution in [2.45, 2.75) is 0 Å². The van der Waals surface area contributed by atoms with Crippen molar-refractivity contribution in [2.24, 2.45) is 0 Å². The zero-order chi connectivity index (χ0) is 8.69. The molecular weight excluding hydrogens is 144 g/mol. The van der Waals surface area contributed by atoms with Crippen LogP contribution in [0.25, 0.3) is 0 Å². The molecule has 0 aliphatic heterocycles. The van der Waals surface area contributed by atoms with E-state index in [1.165, 1.54) is 19.3 Å². The molecule has 0 saturated carbocycles. The van der Waals surface area contributed by atoms with E-state index in [0.717, 1.165) is 0 Å². The van der Waals surface area contributed by atoms with Crippen LogP contribution in [0.2, 0.25) is 0 Å². The van der Waals surface area contributed by atoms with Crippen LogP contribution >= 0.6 is 0 Å². The molecule has 0 heterocycles. The van der Waals surface area contributed by atoms with Gasteiger partial charge >= 0.3 is 0 Å². The standard InChI is InChI=1S/C7H12N2O2.2H2/c1-4-5-6(11-3)7(10)9-8-2;;/h4-5,8H,1H2,2-3H3,(H,9,10);2*1H/b6-5-;;. The van der Waals surface area contributed by atoms with Crippen molar-refractivity contribution < 1.29 is 12.4 Å². The molecule has 0 rings (SSSR count). The minimum absolute atomic E-state index is 0. The Hall–Kier alpha value is -1.29. The van der Waals surface area contributed by atoms with Crippen molar-refractivity contribution in [3.63, 3.8) is 0 Å². The number of ether oxygens (including phenoxy) is 1. The molecule has 0 atom stereocenters. The van der Waals surface area contributed by atoms with E-state index in [1.807, 2.05) is 0 Å². The fourth-order valence-corrected chi connectivity index (χ4v) is 0.519. The smallest absolute Gasteiger partial charge is 0.300 e. The van der Waals surface area contributed by atoms with Gasteiger partial charge in [-0.1, -0.05) is 12.7 Å². The summed E-state index contributed by atoms with van der Waals surface area (Å²) >= 11 is 0. The summed E-state index contributed by atoms with van der Waals surface area (Å²) in [5.74, 6) is -0.107. The predicted octanol–water partition coefficient (Wildman–Crippen LogP) is 0.445. The number of hydrazine groups is 1. The van der Waals surface area contributed by atoms with Crippen LogP contribution in [0.4, 0.5) is 0 Å². The van der Waals surface area contributed by atoms with Gasteiger partial charge < -0.3 is 4.74 Å². The number of allylic oxidation sites excluding steroid dienone is 2. The number of hydrogen-bond donors (Lipinski definition) is 2. The molecule has 11 heavy (non-hydrogen) atoms. The number of carbonyl (C=O) groups is 1. The molecule has 0 saturated heterocycles. The molecule has 4 nitrogen and oxygen atoms in total. The van der Waals surface area contributed by atoms with E-state index in [9.17, 15) is 4.79 Å². The Morgan fingerprint density at radius 1 is 1.73 bits per heavy atom. The second-order valence-electron chi connectivity index (χ2n) is 1.67. The molecule has 0 unspecified atom stereocenters. The van der Waals surface area contributed by atoms with Gasteiger partial charge in [0.2, 0.25) is 0 Å². The maximum Gasteiger partial charge on any atom is 0.300 e. The fourth-order valence-electron chi connectivity index (χ4n) is 0.519. The largest absolute Gasteiger partial charge is 0.491 e. The van der Waals surface area contributed by atoms with Crippen molar-refractivity contribution in [1.29, 1.82) is 0 Å². The summed E-state index contributed by atoms with van der Waals surface area (Å²) in [6.45, 7) is 3.43. The maximum atomic E-state index is 10.9. The molecule has 0 bridgehead atoms. The molecule has 0 aromatic rings. The third-order valence-electron chi connectivity index (χ3n) is 0.951. The lowest BCUT2D eigenvalue weighted by Gasteiger charge is -2.04. The molecule has 0 spiro atoms. The van der Waals surface area contributed by atoms with Gasteiger partial charge in [0.25, 0.3) is 5.91 Å². The van der Waals surface area contributed by atoms with Gasteiger partial charge in [-0.2, -0.15) is 0 Å². The quantitative estimate of drug-likeness (QED) is 0.271. The lowest BCUT2D eigenvalue weighted by molar-refractivity contribution is -0.121. The van der Waals surface area contributed by atoms with Crippen LogP contribution < -0.4 is 10.9 Å². The molecule has 2 N–H and O–H groups in total. The van der Waals surface area contributed by atoms with E-state index in [2.05, 4.69) is 17.4 Å². The van der Waals surface area contributed by atoms with Crippen LogP contribution in [0.5, 0.6) is 0 Å². The average molecular weight is 160 g/mol. The first-order valence-corrected chi connectivity index (χ1v) is 3.10. The maximum absolute atomic E-state index is 10.9. The van der Waals surface area contributed by atoms with Crippen LogP contribution in [0.3, 0.4) is 0 Å². The zero-order valence-electron chi connectivity index (χ0n) is 6.68. The SMILES string of the molecule is C=C/C=C(\OC)C(=O)NNC.[HH].[HH]. The Kier molecular flexibility index (Phi) is 4.85. The number of hydrogen-bond acceptors (Lipinski definition) is 3. The molecule has 4 heteroatoms. The van der Waals surface area contributed by atoms with Crippen LogP contribution in [0.15, 0.2) is 24.5 Å². The summed E-state index contributed by atoms with van der Waals surface area (Å²) in [4.78, 5) is 10.9. The second kappa shape index (κ2) is 5.49. The van der Waals surface area contributed by atoms with E-state index in [1.54, 1.807) is 7.05 Å². The van der Waals surface area contributed by atoms with E-state index in [4.69, 9.17) is 4.74 Å². The van der Waals surface area contributed by atoms with Gasteiger partial charge in [0.05, 0.1) is 7.11 Å². The highest BCUT2D eigenvalue weighted by molar-refractivity contribution is 5.91. The molecule has 0 aromatic carbocycles. The highest BCUT2D eigenvalue weighted by Gasteiger charge is 2.05. The van der Waals surface area contributed by atoms with Crippen molar-refractivity contribution in [3.05, 3.63) is 24.5 Å². The molecule has 66 valence electrons. The van der Waals surface area contributed by atoms with E-state index in [0.29, 0.717) is 0 Å². The first kappa shape index (κ1) is 9.71. The van der Waals surface area contributed by atoms with Crippen LogP contribution in [0.1, 0.15) is 2.85 Å². The Morgan fingerprint density at radius 2 is 2.36 bits per heavy atom. The van der Waals surface area contributed by atoms with Crippen LogP contribution in [0, 0.1) is 0 Å². The van der Waals surface area contributed by atoms with Gasteiger partial charge in [0, 0.05) is 9.90 Å². The van der Waals surface area contributed by atoms with Crippen LogP contribution in [-0.4, -0.2) is 20.1 Å². The van der Waals surface area contributed by atoms with Gasteiger partial charge in [-0.15, -0.1) is 0 Å². The minimum atomic E-state index is -0.324. The highest BCUT2D eigenvalue weighted by atomic mass is 16.5. The Bertz CT molecular complexity index is 183. The van der Waals surface area contributed by atoms with E-state index >= 15 is 0 Å². The Labute approximate surface area is 68.9 Å². The number of nitrogens with one attached hydrogen (secondary N) is 2. The van der Waals surface area contributed by atoms with E-state index in [-0.39, 0.29) is 14.5 Å². The lowest BCUT2D eigenvalue weighted by Crippen LogP contribution is -2.35. The lowest BCUT2D eigenvalue weighted by atomic mass is 10.4. The third-order valence-corrected chi connectivity index (χ3v) is 0.951. The average Bonchev–Trinajstić information content (AvgIpc) is 2.00. The van der Waals surface area contributed by atoms with Gasteiger partial charge in [0.1, 0.15) is 0 Å². The number of methoxy groups -OCH3 is 1. The molecule has 0 aliphatic rings. The summed E-state index contributed by atoms with van der Waals surface area (Å²) in [5, 5.41) is 0. The zero-order valence-corrected chi connectivity index (χ0v) is 6.68. The molecular formula is C7H16N2O2. The molecule has 0 aliphatic carbocycles. The molecule has 1 amide bonds. The first-order chi connectivity index (χ1) is 5.26. The van der Waals surface area contributed by atoms with E-state index < -0.39 is 0 Å². The van der Waals surface area contributed by atoms with Crippen molar-refractivity contribution in [3.8, 4) is 0 Å². The van der Waals surface area contributed by atoms with Crippen molar-refractivity contribution in [1.82, 2.24) is 10.9 Å². The van der Waals surface area contributed by atoms with Gasteiger partial charge in [-0.05, 0) is 6.08 Å². The first-order valence-electron chi connectivity index (χ1n) is 3.10. The predicted molar refractivity (Wildman–Crippen MR) is 46.7 cm³/mol. The third kappa shape index (κ3) is 3.42. The monoisotopic (exact) mass is 160 g/mol. The molecule has 0 aromatic heterocycles. The number of rotatable bonds is 4. The number of carbonyl (C=O) groups excluding carboxylic acids is 1. The van der Waals surface area contributed by atoms with Crippen LogP contribution in [-0.2, 0) is 9.53 Å². The Morgan fingerprint density at radius 3 is 2.73 bits per heavy atom. The van der Waals surface area contributed by atoms with Gasteiger partial charge in [-0.3, -0.25) is 10.2 Å². The number of amides is 1. The fraction of sp³-hybridized carbons (Fsp3) is 0.286. The normalized spacial score (nSPS) is 10.5. The van der Waals surface area contributed by atoms with Gasteiger partial charge in [0.15, 0.2) is 5.76 Å². The summed E-state index contributed by atoms with van der Waals surface area (Å²) in [5.41, 5.74) is 4.84. The summed E-state index contributed by atoms with van der Waals surface area (Å²) < 4.78 is 4.74. The topological polar surface area (TPSA) is 50.4 Å². The second-order valence-corrected chi connectivity index (χ2v) is 1.67. The summed E-state index contributed by atoms with van der Waals surface area (Å²) in [6, 6.07) is 0. The summed E-state index contributed by atoms with van der Waals surface area (Å²) in [6.07, 6.45) is 2.96. The summed E-state index contributed by atoms with van der Waals surface area (Å²) in [7, 11) is 3.02. The Balaban J connectivity index is -0.000000500.